The van der Waals surface area contributed by atoms with E-state index >= 15 is 0 Å². The van der Waals surface area contributed by atoms with Gasteiger partial charge in [0.2, 0.25) is 5.91 Å². The van der Waals surface area contributed by atoms with Gasteiger partial charge in [0.25, 0.3) is 0 Å². The van der Waals surface area contributed by atoms with Crippen LogP contribution >= 0.6 is 0 Å². The largest absolute Gasteiger partial charge is 0.480 e. The summed E-state index contributed by atoms with van der Waals surface area (Å²) in [5, 5.41) is 21.6. The molecule has 0 saturated heterocycles. The topological polar surface area (TPSA) is 113 Å². The Labute approximate surface area is 178 Å². The molecular formula is C23H46N2O4. The number of rotatable bonds is 21. The number of nitrogens with one attached hydrogen (secondary N) is 1. The summed E-state index contributed by atoms with van der Waals surface area (Å²) in [4.78, 5) is 23.0. The Bertz CT molecular complexity index is 404. The maximum Gasteiger partial charge on any atom is 0.326 e. The zero-order chi connectivity index (χ0) is 21.7. The van der Waals surface area contributed by atoms with E-state index in [2.05, 4.69) is 12.2 Å². The van der Waals surface area contributed by atoms with E-state index in [1.54, 1.807) is 0 Å². The second-order valence-corrected chi connectivity index (χ2v) is 8.28. The molecule has 0 saturated carbocycles. The van der Waals surface area contributed by atoms with Crippen LogP contribution in [0, 0.1) is 0 Å². The average Bonchev–Trinajstić information content (AvgIpc) is 2.68. The summed E-state index contributed by atoms with van der Waals surface area (Å²) in [6.45, 7) is 2.64. The van der Waals surface area contributed by atoms with Gasteiger partial charge in [-0.1, -0.05) is 90.4 Å². The number of aliphatic carboxylic acids is 1. The molecule has 172 valence electrons. The van der Waals surface area contributed by atoms with Crippen molar-refractivity contribution in [1.29, 1.82) is 0 Å². The second-order valence-electron chi connectivity index (χ2n) is 8.28. The molecule has 5 N–H and O–H groups in total. The summed E-state index contributed by atoms with van der Waals surface area (Å²) in [6.07, 6.45) is 17.3. The third-order valence-electron chi connectivity index (χ3n) is 5.39. The highest BCUT2D eigenvalue weighted by molar-refractivity contribution is 5.83. The molecule has 0 aromatic rings. The van der Waals surface area contributed by atoms with Gasteiger partial charge in [0.05, 0.1) is 12.5 Å². The van der Waals surface area contributed by atoms with Crippen molar-refractivity contribution in [2.24, 2.45) is 5.73 Å². The molecule has 1 amide bonds. The van der Waals surface area contributed by atoms with Gasteiger partial charge < -0.3 is 21.3 Å². The van der Waals surface area contributed by atoms with Crippen LogP contribution in [0.3, 0.4) is 0 Å². The van der Waals surface area contributed by atoms with Crippen molar-refractivity contribution in [3.05, 3.63) is 0 Å². The zero-order valence-corrected chi connectivity index (χ0v) is 18.7. The van der Waals surface area contributed by atoms with Crippen molar-refractivity contribution in [1.82, 2.24) is 5.32 Å². The molecule has 0 aromatic heterocycles. The van der Waals surface area contributed by atoms with Crippen molar-refractivity contribution in [2.45, 2.75) is 128 Å². The summed E-state index contributed by atoms with van der Waals surface area (Å²) in [5.74, 6) is -1.46. The summed E-state index contributed by atoms with van der Waals surface area (Å²) < 4.78 is 0. The Morgan fingerprint density at radius 1 is 0.793 bits per heavy atom. The van der Waals surface area contributed by atoms with Crippen molar-refractivity contribution in [3.63, 3.8) is 0 Å². The summed E-state index contributed by atoms with van der Waals surface area (Å²) in [6, 6.07) is -0.922. The van der Waals surface area contributed by atoms with Crippen molar-refractivity contribution in [3.8, 4) is 0 Å². The third-order valence-corrected chi connectivity index (χ3v) is 5.39. The minimum atomic E-state index is -1.06. The zero-order valence-electron chi connectivity index (χ0n) is 18.7. The van der Waals surface area contributed by atoms with E-state index in [1.165, 1.54) is 70.6 Å². The fraction of sp³-hybridized carbons (Fsp3) is 0.913. The first-order valence-electron chi connectivity index (χ1n) is 11.9. The maximum atomic E-state index is 11.9. The van der Waals surface area contributed by atoms with E-state index in [9.17, 15) is 14.7 Å². The number of carbonyl (C=O) groups excluding carboxylic acids is 1. The number of carbonyl (C=O) groups is 2. The monoisotopic (exact) mass is 414 g/mol. The Kier molecular flexibility index (Phi) is 19.4. The molecule has 0 aliphatic rings. The Balaban J connectivity index is 3.56. The normalized spacial score (nSPS) is 13.2. The molecular weight excluding hydrogens is 368 g/mol. The summed E-state index contributed by atoms with van der Waals surface area (Å²) in [7, 11) is 0. The fourth-order valence-corrected chi connectivity index (χ4v) is 3.55. The molecule has 0 radical (unpaired) electrons. The molecule has 0 aromatic carbocycles. The highest BCUT2D eigenvalue weighted by Gasteiger charge is 2.20. The Morgan fingerprint density at radius 2 is 1.28 bits per heavy atom. The highest BCUT2D eigenvalue weighted by atomic mass is 16.4. The van der Waals surface area contributed by atoms with Crippen LogP contribution in [-0.4, -0.2) is 40.8 Å². The predicted molar refractivity (Wildman–Crippen MR) is 119 cm³/mol. The predicted octanol–water partition coefficient (Wildman–Crippen LogP) is 4.53. The molecule has 0 rings (SSSR count). The molecule has 0 spiro atoms. The summed E-state index contributed by atoms with van der Waals surface area (Å²) in [5.41, 5.74) is 5.38. The van der Waals surface area contributed by atoms with Gasteiger partial charge in [-0.05, 0) is 25.8 Å². The van der Waals surface area contributed by atoms with Crippen LogP contribution in [0.25, 0.3) is 0 Å². The lowest BCUT2D eigenvalue weighted by Crippen LogP contribution is -2.42. The van der Waals surface area contributed by atoms with Gasteiger partial charge in [-0.15, -0.1) is 0 Å². The fourth-order valence-electron chi connectivity index (χ4n) is 3.55. The number of carboxylic acid groups (broad SMARTS) is 1. The van der Waals surface area contributed by atoms with Crippen molar-refractivity contribution >= 4 is 11.9 Å². The SMILES string of the molecule is CCCCCCCCCCCCCCCC(O)CC(=O)NC(CCCN)C(=O)O. The van der Waals surface area contributed by atoms with Gasteiger partial charge in [0.15, 0.2) is 0 Å². The average molecular weight is 415 g/mol. The number of nitrogens with two attached hydrogens (primary N) is 1. The molecule has 2 unspecified atom stereocenters. The van der Waals surface area contributed by atoms with Crippen LogP contribution < -0.4 is 11.1 Å². The van der Waals surface area contributed by atoms with Gasteiger partial charge in [0, 0.05) is 0 Å². The number of hydrogen-bond donors (Lipinski definition) is 4. The minimum Gasteiger partial charge on any atom is -0.480 e. The first kappa shape index (κ1) is 27.9. The van der Waals surface area contributed by atoms with Crippen LogP contribution in [-0.2, 0) is 9.59 Å². The first-order chi connectivity index (χ1) is 14.0. The number of aliphatic hydroxyl groups excluding tert-OH is 1. The first-order valence-corrected chi connectivity index (χ1v) is 11.9. The van der Waals surface area contributed by atoms with E-state index in [4.69, 9.17) is 10.8 Å². The van der Waals surface area contributed by atoms with Gasteiger partial charge in [0.1, 0.15) is 6.04 Å². The number of carboxylic acids is 1. The number of amides is 1. The number of aliphatic hydroxyl groups is 1. The molecule has 0 heterocycles. The third kappa shape index (κ3) is 18.6. The van der Waals surface area contributed by atoms with Crippen LogP contribution in [0.4, 0.5) is 0 Å². The molecule has 2 atom stereocenters. The Morgan fingerprint density at radius 3 is 1.72 bits per heavy atom. The molecule has 29 heavy (non-hydrogen) atoms. The number of hydrogen-bond acceptors (Lipinski definition) is 4. The Hall–Kier alpha value is -1.14. The van der Waals surface area contributed by atoms with Crippen LogP contribution in [0.5, 0.6) is 0 Å². The molecule has 0 aliphatic carbocycles. The van der Waals surface area contributed by atoms with Crippen LogP contribution in [0.1, 0.15) is 116 Å². The lowest BCUT2D eigenvalue weighted by atomic mass is 10.0. The smallest absolute Gasteiger partial charge is 0.326 e. The second kappa shape index (κ2) is 20.1. The van der Waals surface area contributed by atoms with Gasteiger partial charge in [-0.3, -0.25) is 4.79 Å². The lowest BCUT2D eigenvalue weighted by molar-refractivity contribution is -0.142. The van der Waals surface area contributed by atoms with E-state index in [-0.39, 0.29) is 6.42 Å². The van der Waals surface area contributed by atoms with Crippen LogP contribution in [0.15, 0.2) is 0 Å². The summed E-state index contributed by atoms with van der Waals surface area (Å²) >= 11 is 0. The quantitative estimate of drug-likeness (QED) is 0.206. The van der Waals surface area contributed by atoms with Crippen molar-refractivity contribution < 1.29 is 19.8 Å². The maximum absolute atomic E-state index is 11.9. The van der Waals surface area contributed by atoms with Gasteiger partial charge in [-0.2, -0.15) is 0 Å². The molecule has 0 bridgehead atoms. The van der Waals surface area contributed by atoms with E-state index < -0.39 is 24.0 Å². The van der Waals surface area contributed by atoms with Gasteiger partial charge in [-0.25, -0.2) is 4.79 Å². The van der Waals surface area contributed by atoms with Crippen LogP contribution in [0.2, 0.25) is 0 Å². The molecule has 6 heteroatoms. The molecule has 0 aliphatic heterocycles. The van der Waals surface area contributed by atoms with E-state index in [0.717, 1.165) is 12.8 Å². The van der Waals surface area contributed by atoms with E-state index in [1.807, 2.05) is 0 Å². The molecule has 6 nitrogen and oxygen atoms in total. The van der Waals surface area contributed by atoms with Crippen molar-refractivity contribution in [2.75, 3.05) is 6.54 Å². The highest BCUT2D eigenvalue weighted by Crippen LogP contribution is 2.14. The standard InChI is InChI=1S/C23H46N2O4/c1-2-3-4-5-6-7-8-9-10-11-12-13-14-16-20(26)19-22(27)25-21(23(28)29)17-15-18-24/h20-21,26H,2-19,24H2,1H3,(H,25,27)(H,28,29). The lowest BCUT2D eigenvalue weighted by Gasteiger charge is -2.16. The van der Waals surface area contributed by atoms with E-state index in [0.29, 0.717) is 25.8 Å². The van der Waals surface area contributed by atoms with Gasteiger partial charge >= 0.3 is 5.97 Å². The minimum absolute atomic E-state index is 0.0370. The number of unbranched alkanes of at least 4 members (excludes halogenated alkanes) is 12. The molecule has 0 fully saturated rings.